The van der Waals surface area contributed by atoms with Crippen molar-refractivity contribution in [2.45, 2.75) is 13.5 Å². The molecular weight excluding hydrogens is 376 g/mol. The summed E-state index contributed by atoms with van der Waals surface area (Å²) in [6.45, 7) is 2.29. The van der Waals surface area contributed by atoms with Gasteiger partial charge in [-0.05, 0) is 48.4 Å². The van der Waals surface area contributed by atoms with Crippen LogP contribution in [0.15, 0.2) is 89.5 Å². The van der Waals surface area contributed by atoms with Crippen LogP contribution in [-0.2, 0) is 11.4 Å². The molecule has 0 N–H and O–H groups in total. The van der Waals surface area contributed by atoms with E-state index in [9.17, 15) is 4.79 Å². The average molecular weight is 398 g/mol. The van der Waals surface area contributed by atoms with Crippen LogP contribution < -0.4 is 14.5 Å². The molecule has 5 nitrogen and oxygen atoms in total. The molecule has 1 heterocycles. The van der Waals surface area contributed by atoms with Crippen LogP contribution in [0.4, 0.5) is 5.69 Å². The fourth-order valence-electron chi connectivity index (χ4n) is 3.22. The summed E-state index contributed by atoms with van der Waals surface area (Å²) < 4.78 is 11.4. The van der Waals surface area contributed by atoms with Gasteiger partial charge in [-0.3, -0.25) is 4.79 Å². The Labute approximate surface area is 175 Å². The highest BCUT2D eigenvalue weighted by Crippen LogP contribution is 2.31. The van der Waals surface area contributed by atoms with Gasteiger partial charge >= 0.3 is 0 Å². The topological polar surface area (TPSA) is 51.1 Å². The number of benzene rings is 3. The Morgan fingerprint density at radius 1 is 0.933 bits per heavy atom. The molecule has 1 amide bonds. The van der Waals surface area contributed by atoms with E-state index in [1.165, 1.54) is 5.01 Å². The maximum Gasteiger partial charge on any atom is 0.280 e. The third-order valence-corrected chi connectivity index (χ3v) is 4.80. The van der Waals surface area contributed by atoms with Crippen LogP contribution in [0, 0.1) is 0 Å². The minimum absolute atomic E-state index is 0.151. The molecule has 0 saturated heterocycles. The largest absolute Gasteiger partial charge is 0.493 e. The van der Waals surface area contributed by atoms with Crippen molar-refractivity contribution < 1.29 is 14.3 Å². The van der Waals surface area contributed by atoms with Gasteiger partial charge in [0.2, 0.25) is 0 Å². The summed E-state index contributed by atoms with van der Waals surface area (Å²) in [5, 5.41) is 5.84. The van der Waals surface area contributed by atoms with Gasteiger partial charge in [-0.1, -0.05) is 54.6 Å². The van der Waals surface area contributed by atoms with Gasteiger partial charge in [-0.2, -0.15) is 10.1 Å². The molecule has 0 radical (unpaired) electrons. The van der Waals surface area contributed by atoms with Crippen LogP contribution in [0.3, 0.4) is 0 Å². The van der Waals surface area contributed by atoms with Crippen LogP contribution in [-0.4, -0.2) is 18.7 Å². The smallest absolute Gasteiger partial charge is 0.280 e. The molecule has 0 aromatic heterocycles. The quantitative estimate of drug-likeness (QED) is 0.544. The number of nitrogens with zero attached hydrogens (tertiary/aromatic N) is 2. The van der Waals surface area contributed by atoms with Crippen molar-refractivity contribution in [2.75, 3.05) is 12.1 Å². The molecule has 0 bridgehead atoms. The number of hydrazone groups is 1. The Kier molecular flexibility index (Phi) is 5.61. The normalized spacial score (nSPS) is 14.7. The van der Waals surface area contributed by atoms with Gasteiger partial charge in [0.15, 0.2) is 11.5 Å². The van der Waals surface area contributed by atoms with Crippen molar-refractivity contribution in [3.05, 3.63) is 95.6 Å². The lowest BCUT2D eigenvalue weighted by molar-refractivity contribution is -0.114. The van der Waals surface area contributed by atoms with E-state index in [0.717, 1.165) is 16.8 Å². The maximum absolute atomic E-state index is 12.9. The number of amides is 1. The Hall–Kier alpha value is -3.86. The number of methoxy groups -OCH3 is 1. The Morgan fingerprint density at radius 2 is 1.63 bits per heavy atom. The van der Waals surface area contributed by atoms with Gasteiger partial charge in [-0.15, -0.1) is 0 Å². The second kappa shape index (κ2) is 8.66. The summed E-state index contributed by atoms with van der Waals surface area (Å²) in [6, 6.07) is 25.0. The van der Waals surface area contributed by atoms with Gasteiger partial charge in [0.1, 0.15) is 6.61 Å². The lowest BCUT2D eigenvalue weighted by Crippen LogP contribution is -2.21. The first-order valence-corrected chi connectivity index (χ1v) is 9.67. The van der Waals surface area contributed by atoms with Crippen molar-refractivity contribution in [3.8, 4) is 11.5 Å². The van der Waals surface area contributed by atoms with Gasteiger partial charge in [0.05, 0.1) is 24.1 Å². The van der Waals surface area contributed by atoms with E-state index in [1.54, 1.807) is 7.11 Å². The summed E-state index contributed by atoms with van der Waals surface area (Å²) >= 11 is 0. The zero-order chi connectivity index (χ0) is 20.9. The molecule has 0 unspecified atom stereocenters. The van der Waals surface area contributed by atoms with E-state index in [1.807, 2.05) is 91.9 Å². The number of anilines is 1. The number of para-hydroxylation sites is 1. The molecule has 0 saturated carbocycles. The third kappa shape index (κ3) is 4.10. The molecule has 0 fully saturated rings. The van der Waals surface area contributed by atoms with Crippen LogP contribution in [0.5, 0.6) is 11.5 Å². The minimum Gasteiger partial charge on any atom is -0.493 e. The first kappa shape index (κ1) is 19.5. The van der Waals surface area contributed by atoms with Gasteiger partial charge in [0.25, 0.3) is 5.91 Å². The number of carbonyl (C=O) groups is 1. The average Bonchev–Trinajstić information content (AvgIpc) is 3.07. The van der Waals surface area contributed by atoms with E-state index in [2.05, 4.69) is 5.10 Å². The summed E-state index contributed by atoms with van der Waals surface area (Å²) in [7, 11) is 1.60. The number of ether oxygens (including phenoxy) is 2. The van der Waals surface area contributed by atoms with Gasteiger partial charge in [-0.25, -0.2) is 0 Å². The first-order valence-electron chi connectivity index (χ1n) is 9.67. The first-order chi connectivity index (χ1) is 14.7. The lowest BCUT2D eigenvalue weighted by Gasteiger charge is -2.12. The summed E-state index contributed by atoms with van der Waals surface area (Å²) in [5.74, 6) is 1.11. The molecule has 0 spiro atoms. The molecule has 3 aromatic rings. The fourth-order valence-corrected chi connectivity index (χ4v) is 3.22. The van der Waals surface area contributed by atoms with E-state index in [0.29, 0.717) is 29.4 Å². The second-order valence-corrected chi connectivity index (χ2v) is 6.88. The third-order valence-electron chi connectivity index (χ3n) is 4.80. The molecule has 1 aliphatic rings. The SMILES string of the molecule is COc1cc(/C=C2/C(=O)N(c3ccccc3)N=C2C)ccc1OCc1ccccc1. The van der Waals surface area contributed by atoms with Crippen LogP contribution in [0.25, 0.3) is 6.08 Å². The number of hydrogen-bond acceptors (Lipinski definition) is 4. The Morgan fingerprint density at radius 3 is 2.33 bits per heavy atom. The van der Waals surface area contributed by atoms with E-state index >= 15 is 0 Å². The van der Waals surface area contributed by atoms with Crippen LogP contribution in [0.1, 0.15) is 18.1 Å². The number of hydrogen-bond donors (Lipinski definition) is 0. The number of carbonyl (C=O) groups excluding carboxylic acids is 1. The van der Waals surface area contributed by atoms with Crippen molar-refractivity contribution >= 4 is 23.4 Å². The van der Waals surface area contributed by atoms with E-state index < -0.39 is 0 Å². The molecule has 150 valence electrons. The number of rotatable bonds is 6. The predicted molar refractivity (Wildman–Crippen MR) is 119 cm³/mol. The van der Waals surface area contributed by atoms with Crippen LogP contribution >= 0.6 is 0 Å². The Bertz CT molecular complexity index is 1110. The monoisotopic (exact) mass is 398 g/mol. The van der Waals surface area contributed by atoms with Gasteiger partial charge < -0.3 is 9.47 Å². The molecule has 30 heavy (non-hydrogen) atoms. The maximum atomic E-state index is 12.9. The van der Waals surface area contributed by atoms with Crippen LogP contribution in [0.2, 0.25) is 0 Å². The van der Waals surface area contributed by atoms with Crippen molar-refractivity contribution in [1.29, 1.82) is 0 Å². The van der Waals surface area contributed by atoms with Gasteiger partial charge in [0, 0.05) is 0 Å². The summed E-state index contributed by atoms with van der Waals surface area (Å²) in [4.78, 5) is 12.9. The van der Waals surface area contributed by atoms with Crippen molar-refractivity contribution in [2.24, 2.45) is 5.10 Å². The molecular formula is C25H22N2O3. The zero-order valence-electron chi connectivity index (χ0n) is 16.9. The molecule has 4 rings (SSSR count). The highest BCUT2D eigenvalue weighted by Gasteiger charge is 2.28. The molecule has 3 aromatic carbocycles. The zero-order valence-corrected chi connectivity index (χ0v) is 16.9. The molecule has 0 atom stereocenters. The summed E-state index contributed by atoms with van der Waals surface area (Å²) in [5.41, 5.74) is 3.89. The Balaban J connectivity index is 1.55. The standard InChI is InChI=1S/C25H22N2O3/c1-18-22(25(28)27(26-18)21-11-7-4-8-12-21)15-20-13-14-23(24(16-20)29-2)30-17-19-9-5-3-6-10-19/h3-16H,17H2,1-2H3/b22-15+. The lowest BCUT2D eigenvalue weighted by atomic mass is 10.1. The van der Waals surface area contributed by atoms with E-state index in [4.69, 9.17) is 9.47 Å². The second-order valence-electron chi connectivity index (χ2n) is 6.88. The van der Waals surface area contributed by atoms with Crippen molar-refractivity contribution in [3.63, 3.8) is 0 Å². The highest BCUT2D eigenvalue weighted by atomic mass is 16.5. The highest BCUT2D eigenvalue weighted by molar-refractivity contribution is 6.32. The molecule has 5 heteroatoms. The predicted octanol–water partition coefficient (Wildman–Crippen LogP) is 5.08. The molecule has 1 aliphatic heterocycles. The fraction of sp³-hybridized carbons (Fsp3) is 0.120. The molecule has 0 aliphatic carbocycles. The van der Waals surface area contributed by atoms with E-state index in [-0.39, 0.29) is 5.91 Å². The minimum atomic E-state index is -0.151. The summed E-state index contributed by atoms with van der Waals surface area (Å²) in [6.07, 6.45) is 1.83. The van der Waals surface area contributed by atoms with Crippen molar-refractivity contribution in [1.82, 2.24) is 0 Å².